The van der Waals surface area contributed by atoms with Crippen molar-refractivity contribution in [2.24, 2.45) is 17.3 Å². The molecule has 1 saturated heterocycles. The Balaban J connectivity index is 1.33. The van der Waals surface area contributed by atoms with Crippen LogP contribution in [0.5, 0.6) is 0 Å². The summed E-state index contributed by atoms with van der Waals surface area (Å²) in [5.41, 5.74) is 0.565. The van der Waals surface area contributed by atoms with E-state index in [1.54, 1.807) is 4.90 Å². The number of nitrogens with zero attached hydrogens (tertiary/aromatic N) is 2. The molecule has 1 aromatic carbocycles. The van der Waals surface area contributed by atoms with Crippen LogP contribution >= 0.6 is 0 Å². The molecule has 2 N–H and O–H groups in total. The second kappa shape index (κ2) is 7.74. The summed E-state index contributed by atoms with van der Waals surface area (Å²) >= 11 is 0. The SMILES string of the molecule is CN(Cc1ccccc1)C(CNC(=O)N1C[C@@H]2CCC[C@@]2(C(=O)O)C1)C1CC1. The number of carboxylic acid groups (broad SMARTS) is 1. The van der Waals surface area contributed by atoms with E-state index in [0.717, 1.165) is 19.4 Å². The Morgan fingerprint density at radius 1 is 1.29 bits per heavy atom. The third-order valence-electron chi connectivity index (χ3n) is 7.05. The van der Waals surface area contributed by atoms with Gasteiger partial charge in [0.25, 0.3) is 0 Å². The van der Waals surface area contributed by atoms with Crippen LogP contribution in [0.1, 0.15) is 37.7 Å². The van der Waals surface area contributed by atoms with E-state index in [4.69, 9.17) is 0 Å². The highest BCUT2D eigenvalue weighted by Gasteiger charge is 2.55. The zero-order chi connectivity index (χ0) is 19.7. The average molecular weight is 386 g/mol. The van der Waals surface area contributed by atoms with Gasteiger partial charge in [-0.15, -0.1) is 0 Å². The van der Waals surface area contributed by atoms with E-state index >= 15 is 0 Å². The number of nitrogens with one attached hydrogen (secondary N) is 1. The zero-order valence-electron chi connectivity index (χ0n) is 16.6. The molecule has 3 atom stereocenters. The molecule has 2 aliphatic carbocycles. The molecule has 4 rings (SSSR count). The molecule has 0 radical (unpaired) electrons. The highest BCUT2D eigenvalue weighted by atomic mass is 16.4. The summed E-state index contributed by atoms with van der Waals surface area (Å²) in [5, 5.41) is 12.8. The third kappa shape index (κ3) is 3.75. The highest BCUT2D eigenvalue weighted by molar-refractivity contribution is 5.80. The predicted octanol–water partition coefficient (Wildman–Crippen LogP) is 2.79. The number of benzene rings is 1. The van der Waals surface area contributed by atoms with E-state index in [0.29, 0.717) is 38.0 Å². The molecule has 2 amide bonds. The van der Waals surface area contributed by atoms with E-state index in [2.05, 4.69) is 41.5 Å². The summed E-state index contributed by atoms with van der Waals surface area (Å²) < 4.78 is 0. The fraction of sp³-hybridized carbons (Fsp3) is 0.636. The summed E-state index contributed by atoms with van der Waals surface area (Å²) in [7, 11) is 2.13. The minimum Gasteiger partial charge on any atom is -0.481 e. The third-order valence-corrected chi connectivity index (χ3v) is 7.05. The van der Waals surface area contributed by atoms with Gasteiger partial charge in [-0.25, -0.2) is 4.79 Å². The Labute approximate surface area is 166 Å². The molecule has 28 heavy (non-hydrogen) atoms. The molecule has 6 nitrogen and oxygen atoms in total. The summed E-state index contributed by atoms with van der Waals surface area (Å²) in [5.74, 6) is 0.0109. The van der Waals surface area contributed by atoms with Gasteiger partial charge in [0, 0.05) is 32.2 Å². The summed E-state index contributed by atoms with van der Waals surface area (Å²) in [6.07, 6.45) is 5.00. The molecular weight excluding hydrogens is 354 g/mol. The number of rotatable bonds is 7. The predicted molar refractivity (Wildman–Crippen MR) is 107 cm³/mol. The highest BCUT2D eigenvalue weighted by Crippen LogP contribution is 2.48. The van der Waals surface area contributed by atoms with Gasteiger partial charge >= 0.3 is 12.0 Å². The van der Waals surface area contributed by atoms with Crippen LogP contribution in [-0.4, -0.2) is 59.6 Å². The Kier molecular flexibility index (Phi) is 5.32. The first-order valence-corrected chi connectivity index (χ1v) is 10.5. The average Bonchev–Trinajstić information content (AvgIpc) is 3.30. The Morgan fingerprint density at radius 2 is 2.04 bits per heavy atom. The number of carboxylic acids is 1. The monoisotopic (exact) mass is 385 g/mol. The van der Waals surface area contributed by atoms with Gasteiger partial charge in [-0.3, -0.25) is 9.69 Å². The number of likely N-dealkylation sites (N-methyl/N-ethyl adjacent to an activating group) is 1. The van der Waals surface area contributed by atoms with Crippen LogP contribution in [-0.2, 0) is 11.3 Å². The molecule has 0 aromatic heterocycles. The minimum atomic E-state index is -0.733. The molecule has 2 saturated carbocycles. The van der Waals surface area contributed by atoms with Crippen LogP contribution in [0.4, 0.5) is 4.79 Å². The van der Waals surface area contributed by atoms with Crippen molar-refractivity contribution in [3.8, 4) is 0 Å². The number of likely N-dealkylation sites (tertiary alicyclic amines) is 1. The van der Waals surface area contributed by atoms with E-state index in [-0.39, 0.29) is 11.9 Å². The van der Waals surface area contributed by atoms with Gasteiger partial charge < -0.3 is 15.3 Å². The number of carbonyl (C=O) groups is 2. The minimum absolute atomic E-state index is 0.103. The molecule has 0 spiro atoms. The van der Waals surface area contributed by atoms with Gasteiger partial charge in [0.1, 0.15) is 0 Å². The number of carbonyl (C=O) groups excluding carboxylic acids is 1. The van der Waals surface area contributed by atoms with Crippen LogP contribution in [0, 0.1) is 17.3 Å². The Bertz CT molecular complexity index is 721. The van der Waals surface area contributed by atoms with Crippen LogP contribution in [0.25, 0.3) is 0 Å². The van der Waals surface area contributed by atoms with Crippen LogP contribution < -0.4 is 5.32 Å². The number of amides is 2. The first-order chi connectivity index (χ1) is 13.5. The van der Waals surface area contributed by atoms with Crippen LogP contribution in [0.3, 0.4) is 0 Å². The van der Waals surface area contributed by atoms with Crippen LogP contribution in [0.2, 0.25) is 0 Å². The lowest BCUT2D eigenvalue weighted by molar-refractivity contribution is -0.149. The molecule has 6 heteroatoms. The molecule has 1 unspecified atom stereocenters. The van der Waals surface area contributed by atoms with Gasteiger partial charge in [-0.05, 0) is 50.1 Å². The van der Waals surface area contributed by atoms with Crippen molar-refractivity contribution >= 4 is 12.0 Å². The number of aliphatic carboxylic acids is 1. The number of fused-ring (bicyclic) bond motifs is 1. The van der Waals surface area contributed by atoms with Crippen molar-refractivity contribution in [2.45, 2.75) is 44.7 Å². The Morgan fingerprint density at radius 3 is 2.68 bits per heavy atom. The molecule has 1 aromatic rings. The van der Waals surface area contributed by atoms with E-state index < -0.39 is 11.4 Å². The molecule has 3 fully saturated rings. The van der Waals surface area contributed by atoms with Gasteiger partial charge in [0.15, 0.2) is 0 Å². The second-order valence-electron chi connectivity index (χ2n) is 8.92. The maximum Gasteiger partial charge on any atom is 0.317 e. The lowest BCUT2D eigenvalue weighted by Gasteiger charge is -2.29. The smallest absolute Gasteiger partial charge is 0.317 e. The molecule has 0 bridgehead atoms. The van der Waals surface area contributed by atoms with E-state index in [1.165, 1.54) is 18.4 Å². The topological polar surface area (TPSA) is 72.9 Å². The van der Waals surface area contributed by atoms with Gasteiger partial charge in [-0.2, -0.15) is 0 Å². The molecule has 1 heterocycles. The van der Waals surface area contributed by atoms with Crippen molar-refractivity contribution < 1.29 is 14.7 Å². The lowest BCUT2D eigenvalue weighted by Crippen LogP contribution is -2.47. The standard InChI is InChI=1S/C22H31N3O3/c1-24(13-16-6-3-2-4-7-16)19(17-9-10-17)12-23-21(28)25-14-18-8-5-11-22(18,15-25)20(26)27/h2-4,6-7,17-19H,5,8-15H2,1H3,(H,23,28)(H,26,27)/t18-,19?,22+/m0/s1. The van der Waals surface area contributed by atoms with Gasteiger partial charge in [-0.1, -0.05) is 36.8 Å². The fourth-order valence-corrected chi connectivity index (χ4v) is 5.25. The van der Waals surface area contributed by atoms with E-state index in [9.17, 15) is 14.7 Å². The Hall–Kier alpha value is -2.08. The number of hydrogen-bond donors (Lipinski definition) is 2. The van der Waals surface area contributed by atoms with E-state index in [1.807, 2.05) is 6.07 Å². The summed E-state index contributed by atoms with van der Waals surface area (Å²) in [6, 6.07) is 10.6. The van der Waals surface area contributed by atoms with Crippen molar-refractivity contribution in [2.75, 3.05) is 26.7 Å². The maximum absolute atomic E-state index is 12.8. The quantitative estimate of drug-likeness (QED) is 0.757. The first-order valence-electron chi connectivity index (χ1n) is 10.5. The van der Waals surface area contributed by atoms with Crippen molar-refractivity contribution in [1.29, 1.82) is 0 Å². The largest absolute Gasteiger partial charge is 0.481 e. The molecule has 3 aliphatic rings. The lowest BCUT2D eigenvalue weighted by atomic mass is 9.81. The number of urea groups is 1. The summed E-state index contributed by atoms with van der Waals surface area (Å²) in [6.45, 7) is 2.42. The van der Waals surface area contributed by atoms with Gasteiger partial charge in [0.05, 0.1) is 5.41 Å². The number of hydrogen-bond acceptors (Lipinski definition) is 3. The second-order valence-corrected chi connectivity index (χ2v) is 8.92. The van der Waals surface area contributed by atoms with Crippen LogP contribution in [0.15, 0.2) is 30.3 Å². The van der Waals surface area contributed by atoms with Crippen molar-refractivity contribution in [3.05, 3.63) is 35.9 Å². The van der Waals surface area contributed by atoms with Gasteiger partial charge in [0.2, 0.25) is 0 Å². The zero-order valence-corrected chi connectivity index (χ0v) is 16.6. The molecule has 1 aliphatic heterocycles. The van der Waals surface area contributed by atoms with Crippen molar-refractivity contribution in [3.63, 3.8) is 0 Å². The fourth-order valence-electron chi connectivity index (χ4n) is 5.25. The normalized spacial score (nSPS) is 27.6. The molecule has 152 valence electrons. The maximum atomic E-state index is 12.8. The molecular formula is C22H31N3O3. The summed E-state index contributed by atoms with van der Waals surface area (Å²) in [4.78, 5) is 28.7. The van der Waals surface area contributed by atoms with Crippen molar-refractivity contribution in [1.82, 2.24) is 15.1 Å². The first kappa shape index (κ1) is 19.2.